The lowest BCUT2D eigenvalue weighted by molar-refractivity contribution is -0.385. The highest BCUT2D eigenvalue weighted by Crippen LogP contribution is 2.28. The van der Waals surface area contributed by atoms with Gasteiger partial charge in [0.1, 0.15) is 17.6 Å². The van der Waals surface area contributed by atoms with Gasteiger partial charge in [-0.05, 0) is 20.8 Å². The smallest absolute Gasteiger partial charge is 0.407 e. The van der Waals surface area contributed by atoms with Crippen molar-refractivity contribution in [2.45, 2.75) is 64.1 Å². The van der Waals surface area contributed by atoms with E-state index >= 15 is 0 Å². The molecule has 1 N–H and O–H groups in total. The van der Waals surface area contributed by atoms with Crippen LogP contribution in [0, 0.1) is 10.1 Å². The van der Waals surface area contributed by atoms with Gasteiger partial charge in [-0.25, -0.2) is 14.2 Å². The van der Waals surface area contributed by atoms with E-state index in [1.807, 2.05) is 4.90 Å². The second-order valence-corrected chi connectivity index (χ2v) is 8.70. The minimum Gasteiger partial charge on any atom is -0.444 e. The Morgan fingerprint density at radius 1 is 1.35 bits per heavy atom. The molecule has 0 bridgehead atoms. The number of aromatic nitrogens is 1. The number of rotatable bonds is 6. The first-order valence-corrected chi connectivity index (χ1v) is 10.3. The Labute approximate surface area is 180 Å². The molecule has 3 rings (SSSR count). The minimum atomic E-state index is -1.12. The molecule has 1 aromatic rings. The van der Waals surface area contributed by atoms with Crippen molar-refractivity contribution in [1.29, 1.82) is 0 Å². The van der Waals surface area contributed by atoms with Crippen LogP contribution in [-0.4, -0.2) is 66.2 Å². The Bertz CT molecular complexity index is 796. The second kappa shape index (κ2) is 9.73. The lowest BCUT2D eigenvalue weighted by atomic mass is 10.2. The quantitative estimate of drug-likeness (QED) is 0.530. The summed E-state index contributed by atoms with van der Waals surface area (Å²) >= 11 is 0. The number of nitro groups is 1. The Kier molecular flexibility index (Phi) is 7.26. The first-order chi connectivity index (χ1) is 14.6. The molecule has 3 atom stereocenters. The van der Waals surface area contributed by atoms with Gasteiger partial charge in [0, 0.05) is 32.0 Å². The number of halogens is 1. The molecule has 1 saturated carbocycles. The average molecular weight is 440 g/mol. The number of carbonyl (C=O) groups excluding carboxylic acids is 1. The van der Waals surface area contributed by atoms with Crippen LogP contribution in [0.2, 0.25) is 0 Å². The number of carbonyl (C=O) groups is 1. The van der Waals surface area contributed by atoms with E-state index in [-0.39, 0.29) is 25.1 Å². The minimum absolute atomic E-state index is 0.0388. The number of amides is 1. The predicted octanol–water partition coefficient (Wildman–Crippen LogP) is 2.74. The molecule has 172 valence electrons. The van der Waals surface area contributed by atoms with Gasteiger partial charge in [0.05, 0.1) is 48.7 Å². The van der Waals surface area contributed by atoms with E-state index < -0.39 is 34.9 Å². The number of pyridine rings is 1. The number of ether oxygens (including phenoxy) is 3. The summed E-state index contributed by atoms with van der Waals surface area (Å²) in [7, 11) is 0. The van der Waals surface area contributed by atoms with Crippen LogP contribution >= 0.6 is 0 Å². The SMILES string of the molecule is CC(C)(C)OC(=O)NC1C[C@@H](F)C[C@H]1OCc1cc([N+](=O)[O-])cc(N2CCOCC2)n1. The fourth-order valence-corrected chi connectivity index (χ4v) is 3.62. The first-order valence-electron chi connectivity index (χ1n) is 10.3. The standard InChI is InChI=1S/C20H29FN4O6/c1-20(2,3)31-19(26)23-16-8-13(21)9-17(16)30-12-14-10-15(25(27)28)11-18(22-14)24-4-6-29-7-5-24/h10-11,13,16-17H,4-9,12H2,1-3H3,(H,23,26)/t13-,16?,17-/m1/s1. The number of anilines is 1. The number of alkyl carbamates (subject to hydrolysis) is 1. The zero-order valence-electron chi connectivity index (χ0n) is 18.0. The number of alkyl halides is 1. The zero-order valence-corrected chi connectivity index (χ0v) is 18.0. The van der Waals surface area contributed by atoms with E-state index in [0.717, 1.165) is 0 Å². The average Bonchev–Trinajstić information content (AvgIpc) is 3.04. The monoisotopic (exact) mass is 440 g/mol. The van der Waals surface area contributed by atoms with Gasteiger partial charge in [-0.2, -0.15) is 0 Å². The van der Waals surface area contributed by atoms with Crippen LogP contribution in [0.15, 0.2) is 12.1 Å². The lowest BCUT2D eigenvalue weighted by Gasteiger charge is -2.28. The highest BCUT2D eigenvalue weighted by Gasteiger charge is 2.37. The predicted molar refractivity (Wildman–Crippen MR) is 110 cm³/mol. The summed E-state index contributed by atoms with van der Waals surface area (Å²) in [6.07, 6.45) is -2.11. The summed E-state index contributed by atoms with van der Waals surface area (Å²) < 4.78 is 30.4. The van der Waals surface area contributed by atoms with Crippen LogP contribution in [0.1, 0.15) is 39.3 Å². The Balaban J connectivity index is 1.67. The maximum absolute atomic E-state index is 14.0. The molecule has 11 heteroatoms. The van der Waals surface area contributed by atoms with Crippen LogP contribution in [-0.2, 0) is 20.8 Å². The van der Waals surface area contributed by atoms with Crippen molar-refractivity contribution >= 4 is 17.6 Å². The molecule has 1 saturated heterocycles. The van der Waals surface area contributed by atoms with Crippen LogP contribution in [0.3, 0.4) is 0 Å². The third-order valence-corrected chi connectivity index (χ3v) is 4.99. The van der Waals surface area contributed by atoms with Gasteiger partial charge in [-0.1, -0.05) is 0 Å². The van der Waals surface area contributed by atoms with Crippen molar-refractivity contribution in [1.82, 2.24) is 10.3 Å². The van der Waals surface area contributed by atoms with E-state index in [1.165, 1.54) is 12.1 Å². The van der Waals surface area contributed by atoms with Gasteiger partial charge in [0.25, 0.3) is 5.69 Å². The molecule has 2 heterocycles. The van der Waals surface area contributed by atoms with Crippen LogP contribution in [0.5, 0.6) is 0 Å². The van der Waals surface area contributed by atoms with Crippen LogP contribution in [0.4, 0.5) is 20.7 Å². The molecular weight excluding hydrogens is 411 g/mol. The molecule has 1 amide bonds. The Hall–Kier alpha value is -2.53. The van der Waals surface area contributed by atoms with Crippen LogP contribution in [0.25, 0.3) is 0 Å². The molecule has 1 unspecified atom stereocenters. The summed E-state index contributed by atoms with van der Waals surface area (Å²) in [4.78, 5) is 29.4. The molecule has 1 aromatic heterocycles. The third kappa shape index (κ3) is 6.73. The summed E-state index contributed by atoms with van der Waals surface area (Å²) in [5.41, 5.74) is -0.390. The summed E-state index contributed by atoms with van der Waals surface area (Å²) in [6, 6.07) is 2.22. The van der Waals surface area contributed by atoms with E-state index in [0.29, 0.717) is 37.8 Å². The number of hydrogen-bond donors (Lipinski definition) is 1. The normalized spacial score (nSPS) is 24.1. The van der Waals surface area contributed by atoms with E-state index in [2.05, 4.69) is 10.3 Å². The summed E-state index contributed by atoms with van der Waals surface area (Å²) in [5.74, 6) is 0.481. The molecule has 0 spiro atoms. The molecular formula is C20H29FN4O6. The highest BCUT2D eigenvalue weighted by atomic mass is 19.1. The second-order valence-electron chi connectivity index (χ2n) is 8.70. The summed E-state index contributed by atoms with van der Waals surface area (Å²) in [6.45, 7) is 7.41. The van der Waals surface area contributed by atoms with Crippen molar-refractivity contribution < 1.29 is 28.3 Å². The van der Waals surface area contributed by atoms with Crippen molar-refractivity contribution in [2.24, 2.45) is 0 Å². The maximum atomic E-state index is 14.0. The van der Waals surface area contributed by atoms with Gasteiger partial charge in [0.15, 0.2) is 0 Å². The van der Waals surface area contributed by atoms with Gasteiger partial charge in [-0.3, -0.25) is 10.1 Å². The highest BCUT2D eigenvalue weighted by molar-refractivity contribution is 5.68. The van der Waals surface area contributed by atoms with Crippen molar-refractivity contribution in [3.63, 3.8) is 0 Å². The van der Waals surface area contributed by atoms with Crippen molar-refractivity contribution in [3.05, 3.63) is 27.9 Å². The molecule has 1 aliphatic carbocycles. The fourth-order valence-electron chi connectivity index (χ4n) is 3.62. The molecule has 2 aliphatic rings. The topological polar surface area (TPSA) is 116 Å². The number of morpholine rings is 1. The zero-order chi connectivity index (χ0) is 22.6. The Morgan fingerprint density at radius 2 is 2.06 bits per heavy atom. The largest absolute Gasteiger partial charge is 0.444 e. The van der Waals surface area contributed by atoms with Gasteiger partial charge >= 0.3 is 6.09 Å². The van der Waals surface area contributed by atoms with Crippen LogP contribution < -0.4 is 10.2 Å². The third-order valence-electron chi connectivity index (χ3n) is 4.99. The number of nitrogens with zero attached hydrogens (tertiary/aromatic N) is 3. The molecule has 31 heavy (non-hydrogen) atoms. The first kappa shape index (κ1) is 23.1. The number of nitrogens with one attached hydrogen (secondary N) is 1. The van der Waals surface area contributed by atoms with Crippen molar-refractivity contribution in [2.75, 3.05) is 31.2 Å². The van der Waals surface area contributed by atoms with Gasteiger partial charge in [0.2, 0.25) is 0 Å². The summed E-state index contributed by atoms with van der Waals surface area (Å²) in [5, 5.41) is 14.0. The fraction of sp³-hybridized carbons (Fsp3) is 0.700. The van der Waals surface area contributed by atoms with Crippen molar-refractivity contribution in [3.8, 4) is 0 Å². The maximum Gasteiger partial charge on any atom is 0.407 e. The Morgan fingerprint density at radius 3 is 2.71 bits per heavy atom. The van der Waals surface area contributed by atoms with Gasteiger partial charge in [-0.15, -0.1) is 0 Å². The number of hydrogen-bond acceptors (Lipinski definition) is 8. The molecule has 0 aromatic carbocycles. The molecule has 1 aliphatic heterocycles. The van der Waals surface area contributed by atoms with E-state index in [1.54, 1.807) is 20.8 Å². The molecule has 10 nitrogen and oxygen atoms in total. The van der Waals surface area contributed by atoms with Gasteiger partial charge < -0.3 is 24.4 Å². The lowest BCUT2D eigenvalue weighted by Crippen LogP contribution is -2.43. The molecule has 0 radical (unpaired) electrons. The van der Waals surface area contributed by atoms with E-state index in [4.69, 9.17) is 14.2 Å². The molecule has 2 fully saturated rings. The van der Waals surface area contributed by atoms with E-state index in [9.17, 15) is 19.3 Å².